The Labute approximate surface area is 125 Å². The summed E-state index contributed by atoms with van der Waals surface area (Å²) in [6.07, 6.45) is 0. The number of rotatable bonds is 2. The molecule has 108 valence electrons. The highest BCUT2D eigenvalue weighted by atomic mass is 16.3. The van der Waals surface area contributed by atoms with E-state index in [1.165, 1.54) is 5.56 Å². The SMILES string of the molecule is CNc1ccc2oc(-c3ccc(C(C)(C)C)cc3)nc2c1. The molecule has 3 aromatic rings. The second-order valence-corrected chi connectivity index (χ2v) is 6.28. The summed E-state index contributed by atoms with van der Waals surface area (Å²) < 4.78 is 5.84. The Bertz CT molecular complexity index is 764. The van der Waals surface area contributed by atoms with E-state index in [1.807, 2.05) is 25.2 Å². The highest BCUT2D eigenvalue weighted by Crippen LogP contribution is 2.28. The lowest BCUT2D eigenvalue weighted by Crippen LogP contribution is -2.10. The number of hydrogen-bond acceptors (Lipinski definition) is 3. The van der Waals surface area contributed by atoms with E-state index in [9.17, 15) is 0 Å². The zero-order chi connectivity index (χ0) is 15.0. The van der Waals surface area contributed by atoms with Gasteiger partial charge >= 0.3 is 0 Å². The first-order valence-corrected chi connectivity index (χ1v) is 7.16. The van der Waals surface area contributed by atoms with Crippen LogP contribution in [0.3, 0.4) is 0 Å². The molecular weight excluding hydrogens is 260 g/mol. The van der Waals surface area contributed by atoms with Crippen LogP contribution in [0.5, 0.6) is 0 Å². The minimum Gasteiger partial charge on any atom is -0.436 e. The molecular formula is C18H20N2O. The molecule has 1 aromatic heterocycles. The Kier molecular flexibility index (Phi) is 3.20. The molecule has 0 atom stereocenters. The molecule has 3 heteroatoms. The zero-order valence-electron chi connectivity index (χ0n) is 12.9. The van der Waals surface area contributed by atoms with Crippen LogP contribution in [0, 0.1) is 0 Å². The Morgan fingerprint density at radius 1 is 1.00 bits per heavy atom. The topological polar surface area (TPSA) is 38.1 Å². The Balaban J connectivity index is 2.00. The number of anilines is 1. The maximum absolute atomic E-state index is 5.84. The van der Waals surface area contributed by atoms with Crippen LogP contribution < -0.4 is 5.32 Å². The van der Waals surface area contributed by atoms with Gasteiger partial charge < -0.3 is 9.73 Å². The van der Waals surface area contributed by atoms with Crippen molar-refractivity contribution in [3.63, 3.8) is 0 Å². The predicted octanol–water partition coefficient (Wildman–Crippen LogP) is 4.83. The summed E-state index contributed by atoms with van der Waals surface area (Å²) in [6, 6.07) is 14.4. The molecule has 0 radical (unpaired) electrons. The van der Waals surface area contributed by atoms with E-state index in [2.05, 4.69) is 55.3 Å². The van der Waals surface area contributed by atoms with Gasteiger partial charge in [-0.15, -0.1) is 0 Å². The van der Waals surface area contributed by atoms with Crippen LogP contribution in [0.25, 0.3) is 22.6 Å². The van der Waals surface area contributed by atoms with Crippen molar-refractivity contribution in [2.75, 3.05) is 12.4 Å². The maximum Gasteiger partial charge on any atom is 0.227 e. The van der Waals surface area contributed by atoms with Crippen LogP contribution in [0.1, 0.15) is 26.3 Å². The molecule has 0 amide bonds. The fourth-order valence-corrected chi connectivity index (χ4v) is 2.32. The first-order valence-electron chi connectivity index (χ1n) is 7.16. The van der Waals surface area contributed by atoms with Crippen molar-refractivity contribution in [1.29, 1.82) is 0 Å². The largest absolute Gasteiger partial charge is 0.436 e. The van der Waals surface area contributed by atoms with Crippen molar-refractivity contribution in [2.45, 2.75) is 26.2 Å². The molecule has 0 saturated heterocycles. The lowest BCUT2D eigenvalue weighted by molar-refractivity contribution is 0.589. The minimum absolute atomic E-state index is 0.154. The van der Waals surface area contributed by atoms with E-state index < -0.39 is 0 Å². The van der Waals surface area contributed by atoms with Crippen LogP contribution in [-0.4, -0.2) is 12.0 Å². The summed E-state index contributed by atoms with van der Waals surface area (Å²) in [5.74, 6) is 0.665. The zero-order valence-corrected chi connectivity index (χ0v) is 12.9. The average molecular weight is 280 g/mol. The molecule has 0 fully saturated rings. The van der Waals surface area contributed by atoms with Gasteiger partial charge in [0.05, 0.1) is 0 Å². The van der Waals surface area contributed by atoms with E-state index in [0.29, 0.717) is 5.89 Å². The number of nitrogens with zero attached hydrogens (tertiary/aromatic N) is 1. The number of aromatic nitrogens is 1. The highest BCUT2D eigenvalue weighted by molar-refractivity contribution is 5.80. The minimum atomic E-state index is 0.154. The van der Waals surface area contributed by atoms with Crippen LogP contribution in [0.4, 0.5) is 5.69 Å². The Hall–Kier alpha value is -2.29. The molecule has 3 rings (SSSR count). The fraction of sp³-hybridized carbons (Fsp3) is 0.278. The van der Waals surface area contributed by atoms with E-state index in [0.717, 1.165) is 22.4 Å². The van der Waals surface area contributed by atoms with Gasteiger partial charge in [0.25, 0.3) is 0 Å². The number of nitrogens with one attached hydrogen (secondary N) is 1. The molecule has 0 aliphatic rings. The second-order valence-electron chi connectivity index (χ2n) is 6.28. The lowest BCUT2D eigenvalue weighted by atomic mass is 9.87. The molecule has 0 saturated carbocycles. The number of benzene rings is 2. The monoisotopic (exact) mass is 280 g/mol. The van der Waals surface area contributed by atoms with Crippen LogP contribution >= 0.6 is 0 Å². The molecule has 0 unspecified atom stereocenters. The first kappa shape index (κ1) is 13.7. The second kappa shape index (κ2) is 4.92. The average Bonchev–Trinajstić information content (AvgIpc) is 2.89. The van der Waals surface area contributed by atoms with Gasteiger partial charge in [-0.25, -0.2) is 4.98 Å². The van der Waals surface area contributed by atoms with E-state index >= 15 is 0 Å². The van der Waals surface area contributed by atoms with Crippen molar-refractivity contribution < 1.29 is 4.42 Å². The summed E-state index contributed by atoms with van der Waals surface area (Å²) in [6.45, 7) is 6.63. The summed E-state index contributed by atoms with van der Waals surface area (Å²) >= 11 is 0. The quantitative estimate of drug-likeness (QED) is 0.730. The summed E-state index contributed by atoms with van der Waals surface area (Å²) in [4.78, 5) is 4.58. The van der Waals surface area contributed by atoms with Gasteiger partial charge in [-0.2, -0.15) is 0 Å². The first-order chi connectivity index (χ1) is 9.97. The molecule has 1 N–H and O–H groups in total. The molecule has 2 aromatic carbocycles. The standard InChI is InChI=1S/C18H20N2O/c1-18(2,3)13-7-5-12(6-8-13)17-20-15-11-14(19-4)9-10-16(15)21-17/h5-11,19H,1-4H3. The van der Waals surface area contributed by atoms with Gasteiger partial charge in [0.15, 0.2) is 5.58 Å². The lowest BCUT2D eigenvalue weighted by Gasteiger charge is -2.18. The normalized spacial score (nSPS) is 11.8. The van der Waals surface area contributed by atoms with Crippen molar-refractivity contribution in [1.82, 2.24) is 4.98 Å². The molecule has 0 spiro atoms. The van der Waals surface area contributed by atoms with E-state index in [4.69, 9.17) is 4.42 Å². The smallest absolute Gasteiger partial charge is 0.227 e. The van der Waals surface area contributed by atoms with Crippen molar-refractivity contribution in [3.05, 3.63) is 48.0 Å². The van der Waals surface area contributed by atoms with Crippen LogP contribution in [-0.2, 0) is 5.41 Å². The molecule has 0 aliphatic heterocycles. The number of hydrogen-bond donors (Lipinski definition) is 1. The number of fused-ring (bicyclic) bond motifs is 1. The van der Waals surface area contributed by atoms with Gasteiger partial charge in [0.1, 0.15) is 5.52 Å². The molecule has 0 bridgehead atoms. The predicted molar refractivity (Wildman–Crippen MR) is 87.7 cm³/mol. The van der Waals surface area contributed by atoms with Crippen molar-refractivity contribution in [3.8, 4) is 11.5 Å². The molecule has 0 aliphatic carbocycles. The highest BCUT2D eigenvalue weighted by Gasteiger charge is 2.14. The van der Waals surface area contributed by atoms with E-state index in [-0.39, 0.29) is 5.41 Å². The fourth-order valence-electron chi connectivity index (χ4n) is 2.32. The third-order valence-electron chi connectivity index (χ3n) is 3.67. The van der Waals surface area contributed by atoms with Gasteiger partial charge in [-0.05, 0) is 41.3 Å². The number of oxazole rings is 1. The van der Waals surface area contributed by atoms with Crippen LogP contribution in [0.15, 0.2) is 46.9 Å². The van der Waals surface area contributed by atoms with Gasteiger partial charge in [0.2, 0.25) is 5.89 Å². The summed E-state index contributed by atoms with van der Waals surface area (Å²) in [5, 5.41) is 3.11. The molecule has 1 heterocycles. The molecule has 3 nitrogen and oxygen atoms in total. The maximum atomic E-state index is 5.84. The Morgan fingerprint density at radius 3 is 2.33 bits per heavy atom. The Morgan fingerprint density at radius 2 is 1.71 bits per heavy atom. The van der Waals surface area contributed by atoms with Crippen molar-refractivity contribution >= 4 is 16.8 Å². The van der Waals surface area contributed by atoms with Gasteiger partial charge in [0, 0.05) is 18.3 Å². The third-order valence-corrected chi connectivity index (χ3v) is 3.67. The summed E-state index contributed by atoms with van der Waals surface area (Å²) in [5.41, 5.74) is 5.18. The van der Waals surface area contributed by atoms with Crippen LogP contribution in [0.2, 0.25) is 0 Å². The third kappa shape index (κ3) is 2.64. The van der Waals surface area contributed by atoms with Gasteiger partial charge in [-0.3, -0.25) is 0 Å². The van der Waals surface area contributed by atoms with Gasteiger partial charge in [-0.1, -0.05) is 32.9 Å². The van der Waals surface area contributed by atoms with Crippen molar-refractivity contribution in [2.24, 2.45) is 0 Å². The van der Waals surface area contributed by atoms with E-state index in [1.54, 1.807) is 0 Å². The molecule has 21 heavy (non-hydrogen) atoms. The summed E-state index contributed by atoms with van der Waals surface area (Å²) in [7, 11) is 1.90.